The van der Waals surface area contributed by atoms with Gasteiger partial charge in [0.25, 0.3) is 0 Å². The molecule has 0 amide bonds. The van der Waals surface area contributed by atoms with Crippen LogP contribution in [0, 0.1) is 5.41 Å². The summed E-state index contributed by atoms with van der Waals surface area (Å²) in [5.74, 6) is 0.641. The Balaban J connectivity index is 2.47. The summed E-state index contributed by atoms with van der Waals surface area (Å²) in [5.41, 5.74) is 1.66. The van der Waals surface area contributed by atoms with Gasteiger partial charge in [-0.1, -0.05) is 32.1 Å². The summed E-state index contributed by atoms with van der Waals surface area (Å²) in [7, 11) is 0. The Morgan fingerprint density at radius 3 is 2.73 bits per heavy atom. The molecule has 0 radical (unpaired) electrons. The van der Waals surface area contributed by atoms with Crippen LogP contribution in [-0.2, 0) is 15.4 Å². The summed E-state index contributed by atoms with van der Waals surface area (Å²) in [5, 5.41) is 0. The Kier molecular flexibility index (Phi) is 2.38. The van der Waals surface area contributed by atoms with Gasteiger partial charge in [0.2, 0.25) is 0 Å². The summed E-state index contributed by atoms with van der Waals surface area (Å²) in [6, 6.07) is 0. The molecule has 0 spiro atoms. The molecule has 15 heavy (non-hydrogen) atoms. The Morgan fingerprint density at radius 2 is 2.00 bits per heavy atom. The van der Waals surface area contributed by atoms with Crippen LogP contribution in [0.25, 0.3) is 0 Å². The zero-order valence-electron chi connectivity index (χ0n) is 8.98. The fraction of sp³-hybridized carbons (Fsp3) is 0.364. The topological polar surface area (TPSA) is 38.7 Å². The maximum atomic E-state index is 11.2. The molecule has 1 unspecified atom stereocenters. The first-order chi connectivity index (χ1) is 6.98. The van der Waals surface area contributed by atoms with Gasteiger partial charge in [0.15, 0.2) is 5.76 Å². The molecule has 0 aromatic heterocycles. The number of hydrogen-bond acceptors (Lipinski definition) is 2. The summed E-state index contributed by atoms with van der Waals surface area (Å²) >= 11 is -1.58. The van der Waals surface area contributed by atoms with Crippen molar-refractivity contribution in [3.8, 4) is 0 Å². The number of rotatable bonds is 0. The fourth-order valence-corrected chi connectivity index (χ4v) is 2.10. The molecule has 0 saturated carbocycles. The zero-order valence-corrected chi connectivity index (χ0v) is 9.80. The third-order valence-electron chi connectivity index (χ3n) is 2.37. The Hall–Kier alpha value is -1.16. The molecular formula is C11H13NO2S. The minimum atomic E-state index is -1.58. The van der Waals surface area contributed by atoms with Crippen LogP contribution in [0.2, 0.25) is 0 Å². The molecule has 0 saturated heterocycles. The molecule has 2 aliphatic rings. The van der Waals surface area contributed by atoms with E-state index in [4.69, 9.17) is 4.18 Å². The lowest BCUT2D eigenvalue weighted by Gasteiger charge is -2.12. The van der Waals surface area contributed by atoms with E-state index >= 15 is 0 Å². The lowest BCUT2D eigenvalue weighted by atomic mass is 9.93. The van der Waals surface area contributed by atoms with E-state index in [1.54, 1.807) is 0 Å². The molecule has 0 N–H and O–H groups in total. The van der Waals surface area contributed by atoms with Crippen LogP contribution in [0.3, 0.4) is 0 Å². The highest BCUT2D eigenvalue weighted by molar-refractivity contribution is 7.79. The first kappa shape index (κ1) is 10.4. The molecule has 1 atom stereocenters. The molecule has 1 heterocycles. The number of allylic oxidation sites excluding steroid dienone is 5. The molecule has 0 aromatic rings. The maximum absolute atomic E-state index is 11.2. The first-order valence-corrected chi connectivity index (χ1v) is 5.80. The minimum Gasteiger partial charge on any atom is -0.383 e. The zero-order chi connectivity index (χ0) is 11.1. The van der Waals surface area contributed by atoms with Crippen LogP contribution < -0.4 is 0 Å². The molecule has 3 nitrogen and oxygen atoms in total. The van der Waals surface area contributed by atoms with Crippen molar-refractivity contribution in [1.29, 1.82) is 0 Å². The van der Waals surface area contributed by atoms with Crippen LogP contribution in [0.15, 0.2) is 40.0 Å². The maximum Gasteiger partial charge on any atom is 0.339 e. The van der Waals surface area contributed by atoms with Gasteiger partial charge < -0.3 is 4.18 Å². The average Bonchev–Trinajstić information content (AvgIpc) is 2.26. The molecule has 0 bridgehead atoms. The van der Waals surface area contributed by atoms with Gasteiger partial charge in [-0.25, -0.2) is 0 Å². The minimum absolute atomic E-state index is 0.0114. The fourth-order valence-electron chi connectivity index (χ4n) is 1.44. The van der Waals surface area contributed by atoms with Crippen LogP contribution in [-0.4, -0.2) is 9.92 Å². The molecule has 0 fully saturated rings. The highest BCUT2D eigenvalue weighted by Gasteiger charge is 2.21. The van der Waals surface area contributed by atoms with Crippen molar-refractivity contribution in [2.75, 3.05) is 0 Å². The first-order valence-electron chi connectivity index (χ1n) is 4.77. The van der Waals surface area contributed by atoms with Crippen molar-refractivity contribution in [3.63, 3.8) is 0 Å². The molecule has 2 rings (SSSR count). The van der Waals surface area contributed by atoms with E-state index in [9.17, 15) is 4.21 Å². The quantitative estimate of drug-likeness (QED) is 0.632. The van der Waals surface area contributed by atoms with Gasteiger partial charge in [-0.3, -0.25) is 0 Å². The SMILES string of the molecule is CC1=NS(=O)OC2=C1C=CC(C)(C)C=C2. The van der Waals surface area contributed by atoms with Gasteiger partial charge >= 0.3 is 11.3 Å². The summed E-state index contributed by atoms with van der Waals surface area (Å²) in [4.78, 5) is 0. The summed E-state index contributed by atoms with van der Waals surface area (Å²) in [6.45, 7) is 6.04. The average molecular weight is 223 g/mol. The number of hydrogen-bond donors (Lipinski definition) is 0. The van der Waals surface area contributed by atoms with E-state index in [1.807, 2.05) is 25.2 Å². The Labute approximate surface area is 92.0 Å². The van der Waals surface area contributed by atoms with E-state index < -0.39 is 11.3 Å². The summed E-state index contributed by atoms with van der Waals surface area (Å²) < 4.78 is 20.3. The van der Waals surface area contributed by atoms with Crippen molar-refractivity contribution >= 4 is 17.0 Å². The van der Waals surface area contributed by atoms with Crippen molar-refractivity contribution in [3.05, 3.63) is 35.6 Å². The van der Waals surface area contributed by atoms with Crippen LogP contribution in [0.4, 0.5) is 0 Å². The van der Waals surface area contributed by atoms with Crippen LogP contribution >= 0.6 is 0 Å². The lowest BCUT2D eigenvalue weighted by Crippen LogP contribution is -2.09. The van der Waals surface area contributed by atoms with E-state index in [-0.39, 0.29) is 5.41 Å². The van der Waals surface area contributed by atoms with Crippen LogP contribution in [0.1, 0.15) is 20.8 Å². The Bertz CT molecular complexity index is 442. The van der Waals surface area contributed by atoms with Gasteiger partial charge in [0.1, 0.15) is 0 Å². The third-order valence-corrected chi connectivity index (χ3v) is 3.12. The van der Waals surface area contributed by atoms with Crippen molar-refractivity contribution in [1.82, 2.24) is 0 Å². The molecule has 80 valence electrons. The van der Waals surface area contributed by atoms with Crippen molar-refractivity contribution in [2.24, 2.45) is 9.81 Å². The van der Waals surface area contributed by atoms with E-state index in [1.165, 1.54) is 0 Å². The second-order valence-corrected chi connectivity index (χ2v) is 5.03. The number of nitrogens with zero attached hydrogens (tertiary/aromatic N) is 1. The molecule has 4 heteroatoms. The van der Waals surface area contributed by atoms with Gasteiger partial charge in [0, 0.05) is 11.0 Å². The highest BCUT2D eigenvalue weighted by Crippen LogP contribution is 2.28. The molecule has 1 aliphatic carbocycles. The largest absolute Gasteiger partial charge is 0.383 e. The van der Waals surface area contributed by atoms with Crippen molar-refractivity contribution < 1.29 is 8.39 Å². The van der Waals surface area contributed by atoms with Gasteiger partial charge in [-0.15, -0.1) is 0 Å². The predicted octanol–water partition coefficient (Wildman–Crippen LogP) is 2.46. The standard InChI is InChI=1S/C11H13NO2S/c1-8-9-4-6-11(2,3)7-5-10(9)14-15(13)12-8/h4-7H,1-3H3. The van der Waals surface area contributed by atoms with Crippen molar-refractivity contribution in [2.45, 2.75) is 20.8 Å². The van der Waals surface area contributed by atoms with E-state index in [2.05, 4.69) is 24.3 Å². The lowest BCUT2D eigenvalue weighted by molar-refractivity contribution is 0.468. The van der Waals surface area contributed by atoms with E-state index in [0.717, 1.165) is 11.3 Å². The summed E-state index contributed by atoms with van der Waals surface area (Å²) in [6.07, 6.45) is 7.96. The third kappa shape index (κ3) is 2.09. The Morgan fingerprint density at radius 1 is 1.33 bits per heavy atom. The molecule has 1 aliphatic heterocycles. The normalized spacial score (nSPS) is 27.9. The van der Waals surface area contributed by atoms with E-state index in [0.29, 0.717) is 5.76 Å². The smallest absolute Gasteiger partial charge is 0.339 e. The molecular weight excluding hydrogens is 210 g/mol. The van der Waals surface area contributed by atoms with Gasteiger partial charge in [-0.05, 0) is 13.0 Å². The van der Waals surface area contributed by atoms with Gasteiger partial charge in [-0.2, -0.15) is 8.61 Å². The van der Waals surface area contributed by atoms with Crippen LogP contribution in [0.5, 0.6) is 0 Å². The predicted molar refractivity (Wildman–Crippen MR) is 61.4 cm³/mol. The molecule has 0 aromatic carbocycles. The highest BCUT2D eigenvalue weighted by atomic mass is 32.2. The second-order valence-electron chi connectivity index (χ2n) is 4.24. The van der Waals surface area contributed by atoms with Gasteiger partial charge in [0.05, 0.1) is 5.71 Å². The second kappa shape index (κ2) is 3.45. The monoisotopic (exact) mass is 223 g/mol.